The summed E-state index contributed by atoms with van der Waals surface area (Å²) in [7, 11) is 0. The van der Waals surface area contributed by atoms with Crippen molar-refractivity contribution in [1.82, 2.24) is 0 Å². The Morgan fingerprint density at radius 3 is 1.03 bits per heavy atom. The zero-order chi connectivity index (χ0) is 23.2. The van der Waals surface area contributed by atoms with Crippen molar-refractivity contribution in [2.75, 3.05) is 0 Å². The average molecular weight is 462 g/mol. The van der Waals surface area contributed by atoms with Gasteiger partial charge in [-0.2, -0.15) is 0 Å². The van der Waals surface area contributed by atoms with Crippen LogP contribution in [0.25, 0.3) is 0 Å². The van der Waals surface area contributed by atoms with Gasteiger partial charge in [-0.15, -0.1) is 0 Å². The predicted molar refractivity (Wildman–Crippen MR) is 132 cm³/mol. The Bertz CT molecular complexity index is 334. The second-order valence-corrected chi connectivity index (χ2v) is 17.0. The summed E-state index contributed by atoms with van der Waals surface area (Å²) in [5.41, 5.74) is 0. The van der Waals surface area contributed by atoms with Gasteiger partial charge in [0.1, 0.15) is 0 Å². The van der Waals surface area contributed by atoms with Crippen molar-refractivity contribution in [2.24, 2.45) is 0 Å². The molecule has 0 rings (SSSR count). The van der Waals surface area contributed by atoms with E-state index in [4.69, 9.17) is 5.11 Å². The number of carboxylic acid groups (broad SMARTS) is 1. The standard InChI is InChI=1S/C18H36O2.3C3H7.Ti/c1-2-3-4-5-6-7-8-9-10-11-12-13-14-15-16-17-18(19)20;3*1-3-2;/h2-17H2,1H3,(H,19,20);3*3H,1-2H3;. The molecule has 1 N–H and O–H groups in total. The number of unbranched alkanes of at least 4 members (excludes halogenated alkanes) is 14. The van der Waals surface area contributed by atoms with Crippen LogP contribution in [0.4, 0.5) is 0 Å². The van der Waals surface area contributed by atoms with Gasteiger partial charge in [-0.1, -0.05) is 96.8 Å². The van der Waals surface area contributed by atoms with Gasteiger partial charge in [-0.25, -0.2) is 0 Å². The molecule has 0 aromatic heterocycles. The van der Waals surface area contributed by atoms with Crippen LogP contribution in [-0.2, 0) is 22.7 Å². The normalized spacial score (nSPS) is 11.1. The van der Waals surface area contributed by atoms with E-state index in [1.807, 2.05) is 0 Å². The molecular weight excluding hydrogens is 404 g/mol. The molecule has 3 heteroatoms. The van der Waals surface area contributed by atoms with Gasteiger partial charge in [0.15, 0.2) is 0 Å². The molecule has 0 aromatic rings. The Hall–Kier alpha value is 0.184. The summed E-state index contributed by atoms with van der Waals surface area (Å²) >= 11 is -0.722. The molecule has 0 amide bonds. The SMILES string of the molecule is CCCCCCCCCCCCCCCCCC(=O)O.C[CH](C)[Ti]([CH](C)C)[CH](C)C. The molecule has 0 saturated heterocycles. The van der Waals surface area contributed by atoms with Gasteiger partial charge in [-0.05, 0) is 6.42 Å². The first-order valence-electron chi connectivity index (χ1n) is 13.3. The molecule has 0 aliphatic rings. The van der Waals surface area contributed by atoms with Crippen molar-refractivity contribution in [3.63, 3.8) is 0 Å². The number of rotatable bonds is 19. The fourth-order valence-corrected chi connectivity index (χ4v) is 10.9. The van der Waals surface area contributed by atoms with Crippen LogP contribution in [0.15, 0.2) is 0 Å². The predicted octanol–water partition coefficient (Wildman–Crippen LogP) is 10.4. The number of aliphatic carboxylic acids is 1. The van der Waals surface area contributed by atoms with E-state index >= 15 is 0 Å². The second-order valence-electron chi connectivity index (χ2n) is 10.1. The topological polar surface area (TPSA) is 37.3 Å². The molecule has 0 aromatic carbocycles. The van der Waals surface area contributed by atoms with Crippen LogP contribution >= 0.6 is 0 Å². The third kappa shape index (κ3) is 24.5. The summed E-state index contributed by atoms with van der Waals surface area (Å²) in [5.74, 6) is -0.653. The van der Waals surface area contributed by atoms with Crippen LogP contribution in [0, 0.1) is 0 Å². The molecule has 2 nitrogen and oxygen atoms in total. The van der Waals surface area contributed by atoms with Crippen molar-refractivity contribution in [1.29, 1.82) is 0 Å². The van der Waals surface area contributed by atoms with Crippen molar-refractivity contribution in [2.45, 2.75) is 164 Å². The summed E-state index contributed by atoms with van der Waals surface area (Å²) < 4.78 is 3.00. The Labute approximate surface area is 197 Å². The van der Waals surface area contributed by atoms with Gasteiger partial charge in [0, 0.05) is 6.42 Å². The summed E-state index contributed by atoms with van der Waals surface area (Å²) in [4.78, 5) is 10.3. The first kappa shape index (κ1) is 32.4. The molecule has 181 valence electrons. The number of hydrogen-bond donors (Lipinski definition) is 1. The zero-order valence-electron chi connectivity index (χ0n) is 21.9. The molecule has 0 aliphatic carbocycles. The minimum atomic E-state index is -0.722. The first-order valence-corrected chi connectivity index (χ1v) is 16.0. The van der Waals surface area contributed by atoms with E-state index in [1.54, 1.807) is 0 Å². The minimum absolute atomic E-state index is 0.345. The molecule has 0 bridgehead atoms. The van der Waals surface area contributed by atoms with Crippen molar-refractivity contribution < 1.29 is 27.8 Å². The van der Waals surface area contributed by atoms with Crippen LogP contribution in [0.2, 0.25) is 12.7 Å². The monoisotopic (exact) mass is 461 g/mol. The zero-order valence-corrected chi connectivity index (χ0v) is 23.5. The maximum atomic E-state index is 10.3. The summed E-state index contributed by atoms with van der Waals surface area (Å²) in [5, 5.41) is 8.52. The molecule has 0 spiro atoms. The van der Waals surface area contributed by atoms with Crippen LogP contribution in [0.1, 0.15) is 151 Å². The molecule has 30 heavy (non-hydrogen) atoms. The van der Waals surface area contributed by atoms with Crippen molar-refractivity contribution in [3.8, 4) is 0 Å². The molecule has 0 heterocycles. The van der Waals surface area contributed by atoms with Gasteiger partial charge < -0.3 is 5.11 Å². The first-order chi connectivity index (χ1) is 14.2. The number of carboxylic acids is 1. The van der Waals surface area contributed by atoms with E-state index in [0.717, 1.165) is 25.5 Å². The Kier molecular flexibility index (Phi) is 25.7. The van der Waals surface area contributed by atoms with Crippen LogP contribution < -0.4 is 0 Å². The summed E-state index contributed by atoms with van der Waals surface area (Å²) in [6.45, 7) is 16.7. The van der Waals surface area contributed by atoms with Gasteiger partial charge >= 0.3 is 78.1 Å². The van der Waals surface area contributed by atoms with E-state index < -0.39 is 23.8 Å². The fraction of sp³-hybridized carbons (Fsp3) is 0.963. The Morgan fingerprint density at radius 2 is 0.833 bits per heavy atom. The maximum absolute atomic E-state index is 10.3. The molecule has 0 atom stereocenters. The van der Waals surface area contributed by atoms with Crippen molar-refractivity contribution >= 4 is 5.97 Å². The molecule has 0 aliphatic heterocycles. The van der Waals surface area contributed by atoms with Crippen LogP contribution in [-0.4, -0.2) is 11.1 Å². The van der Waals surface area contributed by atoms with Gasteiger partial charge in [0.25, 0.3) is 0 Å². The van der Waals surface area contributed by atoms with Crippen molar-refractivity contribution in [3.05, 3.63) is 0 Å². The van der Waals surface area contributed by atoms with Crippen LogP contribution in [0.3, 0.4) is 0 Å². The van der Waals surface area contributed by atoms with E-state index in [9.17, 15) is 4.79 Å². The molecular formula is C27H57O2Ti. The third-order valence-electron chi connectivity index (χ3n) is 5.99. The molecule has 0 radical (unpaired) electrons. The summed E-state index contributed by atoms with van der Waals surface area (Å²) in [6.07, 6.45) is 20.2. The average Bonchev–Trinajstić information content (AvgIpc) is 2.64. The van der Waals surface area contributed by atoms with E-state index in [2.05, 4.69) is 48.5 Å². The van der Waals surface area contributed by atoms with E-state index in [0.29, 0.717) is 6.42 Å². The Balaban J connectivity index is 0. The van der Waals surface area contributed by atoms with Gasteiger partial charge in [0.2, 0.25) is 0 Å². The van der Waals surface area contributed by atoms with E-state index in [-0.39, 0.29) is 0 Å². The fourth-order valence-electron chi connectivity index (χ4n) is 4.65. The number of carbonyl (C=O) groups is 1. The molecule has 0 unspecified atom stereocenters. The second kappa shape index (κ2) is 23.8. The molecule has 0 saturated carbocycles. The Morgan fingerprint density at radius 1 is 0.567 bits per heavy atom. The number of hydrogen-bond acceptors (Lipinski definition) is 1. The van der Waals surface area contributed by atoms with Gasteiger partial charge in [-0.3, -0.25) is 4.79 Å². The third-order valence-corrected chi connectivity index (χ3v) is 12.2. The van der Waals surface area contributed by atoms with E-state index in [1.165, 1.54) is 83.5 Å². The quantitative estimate of drug-likeness (QED) is 0.153. The van der Waals surface area contributed by atoms with Crippen LogP contribution in [0.5, 0.6) is 0 Å². The van der Waals surface area contributed by atoms with Gasteiger partial charge in [0.05, 0.1) is 0 Å². The molecule has 0 fully saturated rings. The summed E-state index contributed by atoms with van der Waals surface area (Å²) in [6, 6.07) is 0.